The molecule has 1 unspecified atom stereocenters. The molecule has 0 amide bonds. The van der Waals surface area contributed by atoms with Gasteiger partial charge in [-0.05, 0) is 30.7 Å². The van der Waals surface area contributed by atoms with E-state index in [0.717, 1.165) is 12.1 Å². The lowest BCUT2D eigenvalue weighted by molar-refractivity contribution is 0.510. The Balaban J connectivity index is 2.32. The molecule has 1 heterocycles. The molecule has 3 nitrogen and oxygen atoms in total. The highest BCUT2D eigenvalue weighted by molar-refractivity contribution is 6.30. The topological polar surface area (TPSA) is 50.9 Å². The van der Waals surface area contributed by atoms with E-state index in [4.69, 9.17) is 17.3 Å². The predicted octanol–water partition coefficient (Wildman–Crippen LogP) is 3.35. The normalized spacial score (nSPS) is 12.3. The number of likely N-dealkylation sites (N-methyl/N-ethyl adjacent to an activating group) is 1. The van der Waals surface area contributed by atoms with E-state index in [1.54, 1.807) is 24.4 Å². The van der Waals surface area contributed by atoms with Crippen LogP contribution in [-0.4, -0.2) is 11.5 Å². The molecule has 2 aromatic rings. The first-order valence-corrected chi connectivity index (χ1v) is 6.88. The first kappa shape index (κ1) is 14.8. The number of pyridine rings is 1. The zero-order valence-electron chi connectivity index (χ0n) is 11.2. The molecule has 0 saturated carbocycles. The Morgan fingerprint density at radius 1 is 1.35 bits per heavy atom. The van der Waals surface area contributed by atoms with Crippen LogP contribution in [0.5, 0.6) is 0 Å². The van der Waals surface area contributed by atoms with Gasteiger partial charge in [0.2, 0.25) is 0 Å². The van der Waals surface area contributed by atoms with Gasteiger partial charge in [-0.15, -0.1) is 0 Å². The molecule has 0 spiro atoms. The molecule has 20 heavy (non-hydrogen) atoms. The molecule has 0 radical (unpaired) electrons. The standard InChI is InChI=1S/C15H17ClFN3/c1-2-19-13(9-10-5-4-8-20-15(10)18)11-6-3-7-12(16)14(11)17/h3-8,13,19H,2,9H2,1H3,(H2,18,20). The number of halogens is 2. The molecule has 2 rings (SSSR count). The Labute approximate surface area is 123 Å². The third kappa shape index (κ3) is 3.26. The second-order valence-corrected chi connectivity index (χ2v) is 4.91. The molecule has 0 aliphatic carbocycles. The SMILES string of the molecule is CCNC(Cc1cccnc1N)c1cccc(Cl)c1F. The molecule has 0 fully saturated rings. The Bertz CT molecular complexity index is 589. The highest BCUT2D eigenvalue weighted by Gasteiger charge is 2.18. The molecule has 1 aromatic heterocycles. The van der Waals surface area contributed by atoms with Gasteiger partial charge in [0.1, 0.15) is 11.6 Å². The number of nitrogens with zero attached hydrogens (tertiary/aromatic N) is 1. The van der Waals surface area contributed by atoms with Crippen molar-refractivity contribution in [3.8, 4) is 0 Å². The molecule has 3 N–H and O–H groups in total. The van der Waals surface area contributed by atoms with Crippen LogP contribution in [0.4, 0.5) is 10.2 Å². The lowest BCUT2D eigenvalue weighted by Crippen LogP contribution is -2.24. The van der Waals surface area contributed by atoms with Gasteiger partial charge in [0.05, 0.1) is 5.02 Å². The van der Waals surface area contributed by atoms with Crippen molar-refractivity contribution in [2.24, 2.45) is 0 Å². The monoisotopic (exact) mass is 293 g/mol. The molecule has 106 valence electrons. The number of aromatic nitrogens is 1. The Morgan fingerprint density at radius 2 is 2.15 bits per heavy atom. The lowest BCUT2D eigenvalue weighted by atomic mass is 9.98. The zero-order valence-corrected chi connectivity index (χ0v) is 12.0. The van der Waals surface area contributed by atoms with Crippen LogP contribution < -0.4 is 11.1 Å². The molecular weight excluding hydrogens is 277 g/mol. The van der Waals surface area contributed by atoms with Gasteiger partial charge in [0, 0.05) is 17.8 Å². The number of nitrogen functional groups attached to an aromatic ring is 1. The number of hydrogen-bond acceptors (Lipinski definition) is 3. The van der Waals surface area contributed by atoms with Crippen molar-refractivity contribution in [3.05, 3.63) is 58.5 Å². The lowest BCUT2D eigenvalue weighted by Gasteiger charge is -2.20. The summed E-state index contributed by atoms with van der Waals surface area (Å²) in [6.07, 6.45) is 2.20. The van der Waals surface area contributed by atoms with Gasteiger partial charge >= 0.3 is 0 Å². The third-order valence-corrected chi connectivity index (χ3v) is 3.45. The summed E-state index contributed by atoms with van der Waals surface area (Å²) in [6, 6.07) is 8.56. The van der Waals surface area contributed by atoms with Crippen molar-refractivity contribution in [1.82, 2.24) is 10.3 Å². The van der Waals surface area contributed by atoms with Crippen LogP contribution in [0.3, 0.4) is 0 Å². The molecule has 0 aliphatic heterocycles. The fourth-order valence-corrected chi connectivity index (χ4v) is 2.35. The second kappa shape index (κ2) is 6.68. The van der Waals surface area contributed by atoms with E-state index in [-0.39, 0.29) is 16.9 Å². The van der Waals surface area contributed by atoms with E-state index >= 15 is 0 Å². The molecule has 5 heteroatoms. The Kier molecular flexibility index (Phi) is 4.93. The molecule has 0 aliphatic rings. The van der Waals surface area contributed by atoms with Crippen LogP contribution >= 0.6 is 11.6 Å². The maximum atomic E-state index is 14.2. The summed E-state index contributed by atoms with van der Waals surface area (Å²) in [4.78, 5) is 4.06. The summed E-state index contributed by atoms with van der Waals surface area (Å²) in [6.45, 7) is 2.69. The van der Waals surface area contributed by atoms with Crippen molar-refractivity contribution >= 4 is 17.4 Å². The van der Waals surface area contributed by atoms with Gasteiger partial charge < -0.3 is 11.1 Å². The fourth-order valence-electron chi connectivity index (χ4n) is 2.17. The fraction of sp³-hybridized carbons (Fsp3) is 0.267. The Hall–Kier alpha value is -1.65. The first-order valence-electron chi connectivity index (χ1n) is 6.50. The maximum Gasteiger partial charge on any atom is 0.146 e. The molecular formula is C15H17ClFN3. The average molecular weight is 294 g/mol. The van der Waals surface area contributed by atoms with Gasteiger partial charge in [0.15, 0.2) is 0 Å². The van der Waals surface area contributed by atoms with Crippen molar-refractivity contribution < 1.29 is 4.39 Å². The minimum atomic E-state index is -0.387. The number of hydrogen-bond donors (Lipinski definition) is 2. The number of nitrogens with two attached hydrogens (primary N) is 1. The number of benzene rings is 1. The quantitative estimate of drug-likeness (QED) is 0.889. The maximum absolute atomic E-state index is 14.2. The van der Waals surface area contributed by atoms with Crippen molar-refractivity contribution in [2.75, 3.05) is 12.3 Å². The van der Waals surface area contributed by atoms with Crippen LogP contribution in [0.1, 0.15) is 24.1 Å². The number of rotatable bonds is 5. The van der Waals surface area contributed by atoms with Gasteiger partial charge in [-0.25, -0.2) is 9.37 Å². The predicted molar refractivity (Wildman–Crippen MR) is 80.2 cm³/mol. The van der Waals surface area contributed by atoms with Crippen LogP contribution in [0.15, 0.2) is 36.5 Å². The molecule has 0 saturated heterocycles. The van der Waals surface area contributed by atoms with Crippen LogP contribution in [0.2, 0.25) is 5.02 Å². The van der Waals surface area contributed by atoms with Gasteiger partial charge in [-0.3, -0.25) is 0 Å². The van der Waals surface area contributed by atoms with Gasteiger partial charge in [-0.1, -0.05) is 36.7 Å². The van der Waals surface area contributed by atoms with E-state index in [1.807, 2.05) is 19.1 Å². The van der Waals surface area contributed by atoms with E-state index in [2.05, 4.69) is 10.3 Å². The van der Waals surface area contributed by atoms with Crippen LogP contribution in [0, 0.1) is 5.82 Å². The highest BCUT2D eigenvalue weighted by Crippen LogP contribution is 2.26. The molecule has 0 bridgehead atoms. The van der Waals surface area contributed by atoms with Gasteiger partial charge in [0.25, 0.3) is 0 Å². The number of nitrogens with one attached hydrogen (secondary N) is 1. The minimum Gasteiger partial charge on any atom is -0.383 e. The van der Waals surface area contributed by atoms with E-state index in [9.17, 15) is 4.39 Å². The highest BCUT2D eigenvalue weighted by atomic mass is 35.5. The van der Waals surface area contributed by atoms with Crippen LogP contribution in [-0.2, 0) is 6.42 Å². The molecule has 1 aromatic carbocycles. The van der Waals surface area contributed by atoms with Crippen molar-refractivity contribution in [2.45, 2.75) is 19.4 Å². The smallest absolute Gasteiger partial charge is 0.146 e. The third-order valence-electron chi connectivity index (χ3n) is 3.16. The summed E-state index contributed by atoms with van der Waals surface area (Å²) < 4.78 is 14.2. The summed E-state index contributed by atoms with van der Waals surface area (Å²) in [5, 5.41) is 3.39. The summed E-state index contributed by atoms with van der Waals surface area (Å²) in [5.74, 6) is 0.0837. The second-order valence-electron chi connectivity index (χ2n) is 4.51. The van der Waals surface area contributed by atoms with E-state index < -0.39 is 0 Å². The Morgan fingerprint density at radius 3 is 2.85 bits per heavy atom. The average Bonchev–Trinajstić information content (AvgIpc) is 2.44. The molecule has 1 atom stereocenters. The zero-order chi connectivity index (χ0) is 14.5. The summed E-state index contributed by atoms with van der Waals surface area (Å²) in [5.41, 5.74) is 7.28. The minimum absolute atomic E-state index is 0.129. The summed E-state index contributed by atoms with van der Waals surface area (Å²) >= 11 is 5.85. The van der Waals surface area contributed by atoms with Crippen LogP contribution in [0.25, 0.3) is 0 Å². The number of anilines is 1. The van der Waals surface area contributed by atoms with E-state index in [1.165, 1.54) is 0 Å². The van der Waals surface area contributed by atoms with Crippen molar-refractivity contribution in [3.63, 3.8) is 0 Å². The summed E-state index contributed by atoms with van der Waals surface area (Å²) in [7, 11) is 0. The van der Waals surface area contributed by atoms with Gasteiger partial charge in [-0.2, -0.15) is 0 Å². The largest absolute Gasteiger partial charge is 0.383 e. The van der Waals surface area contributed by atoms with E-state index in [0.29, 0.717) is 17.8 Å². The van der Waals surface area contributed by atoms with Crippen molar-refractivity contribution in [1.29, 1.82) is 0 Å². The first-order chi connectivity index (χ1) is 9.63.